The van der Waals surface area contributed by atoms with Crippen LogP contribution in [0.3, 0.4) is 0 Å². The predicted octanol–water partition coefficient (Wildman–Crippen LogP) is 0.634. The van der Waals surface area contributed by atoms with Gasteiger partial charge in [-0.25, -0.2) is 9.97 Å². The molecule has 0 atom stereocenters. The van der Waals surface area contributed by atoms with Crippen LogP contribution in [0.15, 0.2) is 25.2 Å². The van der Waals surface area contributed by atoms with E-state index in [2.05, 4.69) is 29.5 Å². The van der Waals surface area contributed by atoms with Gasteiger partial charge in [0, 0.05) is 11.4 Å². The number of aromatic nitrogens is 2. The molecule has 62 valence electrons. The van der Waals surface area contributed by atoms with Crippen LogP contribution in [0.5, 0.6) is 0 Å². The minimum absolute atomic E-state index is 0.932. The number of nitrogens with zero attached hydrogens (tertiary/aromatic N) is 2. The SMILES string of the molecule is C=C/C=c1/ncnc/c1=C/CC. The van der Waals surface area contributed by atoms with Gasteiger partial charge in [0.25, 0.3) is 0 Å². The molecule has 0 unspecified atom stereocenters. The predicted molar refractivity (Wildman–Crippen MR) is 50.7 cm³/mol. The van der Waals surface area contributed by atoms with Crippen LogP contribution in [0.4, 0.5) is 0 Å². The van der Waals surface area contributed by atoms with Gasteiger partial charge < -0.3 is 0 Å². The lowest BCUT2D eigenvalue weighted by Crippen LogP contribution is -2.27. The molecule has 0 fully saturated rings. The first-order chi connectivity index (χ1) is 5.88. The number of hydrogen-bond donors (Lipinski definition) is 0. The van der Waals surface area contributed by atoms with Gasteiger partial charge >= 0.3 is 0 Å². The van der Waals surface area contributed by atoms with Crippen LogP contribution < -0.4 is 10.6 Å². The Morgan fingerprint density at radius 2 is 2.42 bits per heavy atom. The minimum atomic E-state index is 0.932. The fourth-order valence-electron chi connectivity index (χ4n) is 0.978. The van der Waals surface area contributed by atoms with Crippen LogP contribution >= 0.6 is 0 Å². The molecule has 2 nitrogen and oxygen atoms in total. The van der Waals surface area contributed by atoms with Gasteiger partial charge in [-0.1, -0.05) is 25.7 Å². The normalized spacial score (nSPS) is 13.4. The molecule has 0 aliphatic rings. The Bertz CT molecular complexity index is 366. The largest absolute Gasteiger partial charge is 0.244 e. The standard InChI is InChI=1S/C10H12N2/c1-3-5-9-7-11-8-12-10(9)6-4-2/h4-8H,2-3H2,1H3/b9-5-,10-6+. The summed E-state index contributed by atoms with van der Waals surface area (Å²) in [4.78, 5) is 8.07. The van der Waals surface area contributed by atoms with Gasteiger partial charge in [-0.05, 0) is 12.5 Å². The van der Waals surface area contributed by atoms with E-state index >= 15 is 0 Å². The van der Waals surface area contributed by atoms with E-state index in [0.717, 1.165) is 17.0 Å². The summed E-state index contributed by atoms with van der Waals surface area (Å²) in [5.74, 6) is 0. The Morgan fingerprint density at radius 3 is 3.08 bits per heavy atom. The highest BCUT2D eigenvalue weighted by Gasteiger charge is 1.82. The molecule has 0 aromatic carbocycles. The van der Waals surface area contributed by atoms with E-state index in [-0.39, 0.29) is 0 Å². The van der Waals surface area contributed by atoms with Gasteiger partial charge in [0.05, 0.1) is 5.35 Å². The molecule has 12 heavy (non-hydrogen) atoms. The topological polar surface area (TPSA) is 25.8 Å². The fourth-order valence-corrected chi connectivity index (χ4v) is 0.978. The second-order valence-corrected chi connectivity index (χ2v) is 2.38. The lowest BCUT2D eigenvalue weighted by Gasteiger charge is -1.86. The highest BCUT2D eigenvalue weighted by Crippen LogP contribution is 1.72. The summed E-state index contributed by atoms with van der Waals surface area (Å²) in [6.07, 6.45) is 10.0. The highest BCUT2D eigenvalue weighted by atomic mass is 14.8. The van der Waals surface area contributed by atoms with Gasteiger partial charge in [0.2, 0.25) is 0 Å². The summed E-state index contributed by atoms with van der Waals surface area (Å²) in [5.41, 5.74) is 0. The smallest absolute Gasteiger partial charge is 0.116 e. The van der Waals surface area contributed by atoms with Crippen molar-refractivity contribution < 1.29 is 0 Å². The molecule has 1 aromatic rings. The second kappa shape index (κ2) is 4.44. The van der Waals surface area contributed by atoms with Crippen molar-refractivity contribution in [3.8, 4) is 0 Å². The lowest BCUT2D eigenvalue weighted by molar-refractivity contribution is 1.09. The first kappa shape index (κ1) is 8.65. The van der Waals surface area contributed by atoms with Crippen LogP contribution in [0, 0.1) is 0 Å². The third kappa shape index (κ3) is 2.02. The Morgan fingerprint density at radius 1 is 1.58 bits per heavy atom. The maximum Gasteiger partial charge on any atom is 0.116 e. The molecular weight excluding hydrogens is 148 g/mol. The Balaban J connectivity index is 3.37. The van der Waals surface area contributed by atoms with E-state index < -0.39 is 0 Å². The molecule has 1 rings (SSSR count). The molecule has 1 aromatic heterocycles. The van der Waals surface area contributed by atoms with Crippen LogP contribution in [0.1, 0.15) is 13.3 Å². The zero-order chi connectivity index (χ0) is 8.81. The molecule has 0 spiro atoms. The average molecular weight is 160 g/mol. The van der Waals surface area contributed by atoms with Crippen molar-refractivity contribution in [1.82, 2.24) is 9.97 Å². The molecule has 0 N–H and O–H groups in total. The van der Waals surface area contributed by atoms with E-state index in [1.54, 1.807) is 12.4 Å². The molecule has 1 heterocycles. The third-order valence-corrected chi connectivity index (χ3v) is 1.47. The molecule has 0 bridgehead atoms. The third-order valence-electron chi connectivity index (χ3n) is 1.47. The summed E-state index contributed by atoms with van der Waals surface area (Å²) in [7, 11) is 0. The summed E-state index contributed by atoms with van der Waals surface area (Å²) < 4.78 is 0. The Labute approximate surface area is 72.0 Å². The molecule has 0 radical (unpaired) electrons. The molecule has 0 aliphatic carbocycles. The van der Waals surface area contributed by atoms with Gasteiger partial charge in [-0.15, -0.1) is 0 Å². The summed E-state index contributed by atoms with van der Waals surface area (Å²) in [6.45, 7) is 5.72. The average Bonchev–Trinajstić information content (AvgIpc) is 2.09. The summed E-state index contributed by atoms with van der Waals surface area (Å²) >= 11 is 0. The quantitative estimate of drug-likeness (QED) is 0.634. The van der Waals surface area contributed by atoms with E-state index in [0.29, 0.717) is 0 Å². The first-order valence-electron chi connectivity index (χ1n) is 3.97. The van der Waals surface area contributed by atoms with Crippen LogP contribution in [-0.2, 0) is 0 Å². The summed E-state index contributed by atoms with van der Waals surface area (Å²) in [6, 6.07) is 0. The molecule has 0 saturated carbocycles. The Kier molecular flexibility index (Phi) is 3.20. The van der Waals surface area contributed by atoms with Crippen molar-refractivity contribution in [3.05, 3.63) is 35.7 Å². The lowest BCUT2D eigenvalue weighted by atomic mass is 10.3. The zero-order valence-corrected chi connectivity index (χ0v) is 7.20. The zero-order valence-electron chi connectivity index (χ0n) is 7.20. The van der Waals surface area contributed by atoms with Crippen molar-refractivity contribution in [2.45, 2.75) is 13.3 Å². The van der Waals surface area contributed by atoms with E-state index in [4.69, 9.17) is 0 Å². The van der Waals surface area contributed by atoms with Crippen molar-refractivity contribution in [3.63, 3.8) is 0 Å². The van der Waals surface area contributed by atoms with E-state index in [1.165, 1.54) is 0 Å². The fraction of sp³-hybridized carbons (Fsp3) is 0.200. The van der Waals surface area contributed by atoms with Crippen molar-refractivity contribution in [2.75, 3.05) is 0 Å². The van der Waals surface area contributed by atoms with Crippen LogP contribution in [-0.4, -0.2) is 9.97 Å². The van der Waals surface area contributed by atoms with Gasteiger partial charge in [0.1, 0.15) is 6.33 Å². The molecular formula is C10H12N2. The molecule has 0 aliphatic heterocycles. The van der Waals surface area contributed by atoms with E-state index in [1.807, 2.05) is 12.3 Å². The maximum atomic E-state index is 4.12. The summed E-state index contributed by atoms with van der Waals surface area (Å²) in [5, 5.41) is 2.00. The minimum Gasteiger partial charge on any atom is -0.244 e. The van der Waals surface area contributed by atoms with Crippen LogP contribution in [0.2, 0.25) is 0 Å². The molecule has 0 saturated heterocycles. The highest BCUT2D eigenvalue weighted by molar-refractivity contribution is 5.34. The van der Waals surface area contributed by atoms with Gasteiger partial charge in [0.15, 0.2) is 0 Å². The Hall–Kier alpha value is -1.44. The van der Waals surface area contributed by atoms with Crippen molar-refractivity contribution in [2.24, 2.45) is 0 Å². The van der Waals surface area contributed by atoms with Gasteiger partial charge in [-0.2, -0.15) is 0 Å². The maximum absolute atomic E-state index is 4.12. The number of hydrogen-bond acceptors (Lipinski definition) is 2. The monoisotopic (exact) mass is 160 g/mol. The molecule has 2 heteroatoms. The van der Waals surface area contributed by atoms with Gasteiger partial charge in [-0.3, -0.25) is 0 Å². The second-order valence-electron chi connectivity index (χ2n) is 2.38. The first-order valence-corrected chi connectivity index (χ1v) is 3.97. The van der Waals surface area contributed by atoms with E-state index in [9.17, 15) is 0 Å². The number of allylic oxidation sites excluding steroid dienone is 1. The van der Waals surface area contributed by atoms with Crippen molar-refractivity contribution >= 4 is 12.2 Å². The number of rotatable bonds is 2. The van der Waals surface area contributed by atoms with Crippen molar-refractivity contribution in [1.29, 1.82) is 0 Å². The van der Waals surface area contributed by atoms with Crippen LogP contribution in [0.25, 0.3) is 12.2 Å². The molecule has 0 amide bonds.